The van der Waals surface area contributed by atoms with Gasteiger partial charge >= 0.3 is 0 Å². The molecule has 18 heavy (non-hydrogen) atoms. The van der Waals surface area contributed by atoms with Crippen molar-refractivity contribution in [2.45, 2.75) is 25.7 Å². The van der Waals surface area contributed by atoms with Gasteiger partial charge in [-0.1, -0.05) is 19.1 Å². The van der Waals surface area contributed by atoms with E-state index in [1.807, 2.05) is 0 Å². The summed E-state index contributed by atoms with van der Waals surface area (Å²) in [7, 11) is -3.64. The summed E-state index contributed by atoms with van der Waals surface area (Å²) in [6, 6.07) is 3.52. The van der Waals surface area contributed by atoms with Crippen molar-refractivity contribution in [2.75, 3.05) is 18.9 Å². The van der Waals surface area contributed by atoms with E-state index in [1.165, 1.54) is 0 Å². The molecule has 5 nitrogen and oxygen atoms in total. The number of nitrogens with one attached hydrogen (secondary N) is 1. The number of aliphatic hydroxyl groups excluding tert-OH is 1. The number of sulfonamides is 1. The SMILES string of the molecule is Cc1ccc(C)c(S(=O)(=O)NCC(C)CO)c1N. The van der Waals surface area contributed by atoms with E-state index in [1.54, 1.807) is 32.9 Å². The molecule has 0 radical (unpaired) electrons. The summed E-state index contributed by atoms with van der Waals surface area (Å²) < 4.78 is 26.8. The highest BCUT2D eigenvalue weighted by Crippen LogP contribution is 2.25. The summed E-state index contributed by atoms with van der Waals surface area (Å²) in [4.78, 5) is 0.132. The van der Waals surface area contributed by atoms with Crippen molar-refractivity contribution >= 4 is 15.7 Å². The second kappa shape index (κ2) is 5.69. The van der Waals surface area contributed by atoms with Crippen LogP contribution in [0.15, 0.2) is 17.0 Å². The highest BCUT2D eigenvalue weighted by atomic mass is 32.2. The molecule has 1 unspecified atom stereocenters. The van der Waals surface area contributed by atoms with E-state index in [9.17, 15) is 8.42 Å². The van der Waals surface area contributed by atoms with E-state index in [-0.39, 0.29) is 29.7 Å². The maximum atomic E-state index is 12.2. The first kappa shape index (κ1) is 14.9. The van der Waals surface area contributed by atoms with Crippen LogP contribution in [0.3, 0.4) is 0 Å². The summed E-state index contributed by atoms with van der Waals surface area (Å²) in [6.45, 7) is 5.36. The van der Waals surface area contributed by atoms with Gasteiger partial charge in [-0.2, -0.15) is 0 Å². The largest absolute Gasteiger partial charge is 0.397 e. The first-order chi connectivity index (χ1) is 8.29. The number of rotatable bonds is 5. The topological polar surface area (TPSA) is 92.4 Å². The Morgan fingerprint density at radius 1 is 1.33 bits per heavy atom. The maximum absolute atomic E-state index is 12.2. The number of aliphatic hydroxyl groups is 1. The van der Waals surface area contributed by atoms with E-state index in [4.69, 9.17) is 10.8 Å². The van der Waals surface area contributed by atoms with Gasteiger partial charge in [0, 0.05) is 13.2 Å². The second-order valence-corrected chi connectivity index (χ2v) is 6.29. The summed E-state index contributed by atoms with van der Waals surface area (Å²) in [5, 5.41) is 8.90. The predicted molar refractivity (Wildman–Crippen MR) is 71.8 cm³/mol. The zero-order chi connectivity index (χ0) is 13.9. The zero-order valence-electron chi connectivity index (χ0n) is 10.9. The first-order valence-electron chi connectivity index (χ1n) is 5.75. The Labute approximate surface area is 108 Å². The van der Waals surface area contributed by atoms with Crippen LogP contribution in [0.2, 0.25) is 0 Å². The van der Waals surface area contributed by atoms with Crippen LogP contribution in [0.25, 0.3) is 0 Å². The third-order valence-corrected chi connectivity index (χ3v) is 4.44. The summed E-state index contributed by atoms with van der Waals surface area (Å²) in [5.74, 6) is -0.133. The molecule has 1 aromatic carbocycles. The van der Waals surface area contributed by atoms with Gasteiger partial charge in [-0.05, 0) is 30.9 Å². The lowest BCUT2D eigenvalue weighted by Crippen LogP contribution is -2.30. The number of hydrogen-bond donors (Lipinski definition) is 3. The number of anilines is 1. The molecule has 0 aliphatic heterocycles. The fourth-order valence-electron chi connectivity index (χ4n) is 1.55. The van der Waals surface area contributed by atoms with Crippen LogP contribution >= 0.6 is 0 Å². The van der Waals surface area contributed by atoms with Crippen molar-refractivity contribution in [1.82, 2.24) is 4.72 Å². The van der Waals surface area contributed by atoms with Crippen LogP contribution in [-0.2, 0) is 10.0 Å². The van der Waals surface area contributed by atoms with Crippen LogP contribution in [0.4, 0.5) is 5.69 Å². The standard InChI is InChI=1S/C12H20N2O3S/c1-8(7-15)6-14-18(16,17)12-10(3)5-4-9(2)11(12)13/h4-5,8,14-15H,6-7,13H2,1-3H3. The van der Waals surface area contributed by atoms with Crippen LogP contribution in [0, 0.1) is 19.8 Å². The number of nitrogens with two attached hydrogens (primary N) is 1. The Kier molecular flexibility index (Phi) is 4.72. The normalized spacial score (nSPS) is 13.6. The van der Waals surface area contributed by atoms with Crippen molar-refractivity contribution in [1.29, 1.82) is 0 Å². The molecule has 0 aliphatic carbocycles. The van der Waals surface area contributed by atoms with Crippen molar-refractivity contribution in [2.24, 2.45) is 5.92 Å². The van der Waals surface area contributed by atoms with E-state index >= 15 is 0 Å². The maximum Gasteiger partial charge on any atom is 0.242 e. The Bertz CT molecular complexity index is 526. The molecule has 4 N–H and O–H groups in total. The molecule has 0 heterocycles. The molecule has 6 heteroatoms. The van der Waals surface area contributed by atoms with Crippen LogP contribution < -0.4 is 10.5 Å². The lowest BCUT2D eigenvalue weighted by molar-refractivity contribution is 0.238. The fraction of sp³-hybridized carbons (Fsp3) is 0.500. The monoisotopic (exact) mass is 272 g/mol. The average molecular weight is 272 g/mol. The Morgan fingerprint density at radius 2 is 1.89 bits per heavy atom. The minimum absolute atomic E-state index is 0.0647. The van der Waals surface area contributed by atoms with Crippen molar-refractivity contribution in [3.05, 3.63) is 23.3 Å². The van der Waals surface area contributed by atoms with Gasteiger partial charge in [-0.25, -0.2) is 13.1 Å². The zero-order valence-corrected chi connectivity index (χ0v) is 11.7. The molecule has 1 aromatic rings. The van der Waals surface area contributed by atoms with Gasteiger partial charge in [0.25, 0.3) is 0 Å². The van der Waals surface area contributed by atoms with Gasteiger partial charge in [0.05, 0.1) is 5.69 Å². The average Bonchev–Trinajstić information content (AvgIpc) is 2.31. The van der Waals surface area contributed by atoms with Gasteiger partial charge in [-0.15, -0.1) is 0 Å². The quantitative estimate of drug-likeness (QED) is 0.691. The van der Waals surface area contributed by atoms with E-state index in [0.29, 0.717) is 5.56 Å². The molecule has 0 amide bonds. The molecule has 0 saturated heterocycles. The van der Waals surface area contributed by atoms with Crippen molar-refractivity contribution in [3.8, 4) is 0 Å². The summed E-state index contributed by atoms with van der Waals surface area (Å²) in [5.41, 5.74) is 7.46. The summed E-state index contributed by atoms with van der Waals surface area (Å²) >= 11 is 0. The summed E-state index contributed by atoms with van der Waals surface area (Å²) in [6.07, 6.45) is 0. The van der Waals surface area contributed by atoms with E-state index in [0.717, 1.165) is 5.56 Å². The van der Waals surface area contributed by atoms with Gasteiger partial charge in [-0.3, -0.25) is 0 Å². The van der Waals surface area contributed by atoms with E-state index < -0.39 is 10.0 Å². The third kappa shape index (κ3) is 3.22. The molecule has 1 rings (SSSR count). The molecule has 0 fully saturated rings. The Morgan fingerprint density at radius 3 is 2.44 bits per heavy atom. The predicted octanol–water partition coefficient (Wildman–Crippen LogP) is 0.792. The highest BCUT2D eigenvalue weighted by Gasteiger charge is 2.21. The molecule has 0 aliphatic rings. The lowest BCUT2D eigenvalue weighted by atomic mass is 10.1. The second-order valence-electron chi connectivity index (χ2n) is 4.58. The lowest BCUT2D eigenvalue weighted by Gasteiger charge is -2.15. The Balaban J connectivity index is 3.09. The van der Waals surface area contributed by atoms with Crippen molar-refractivity contribution < 1.29 is 13.5 Å². The molecule has 1 atom stereocenters. The fourth-order valence-corrected chi connectivity index (χ4v) is 3.14. The molecule has 0 spiro atoms. The molecule has 102 valence electrons. The molecular weight excluding hydrogens is 252 g/mol. The minimum Gasteiger partial charge on any atom is -0.397 e. The van der Waals surface area contributed by atoms with Crippen LogP contribution in [0.5, 0.6) is 0 Å². The smallest absolute Gasteiger partial charge is 0.242 e. The number of benzene rings is 1. The molecule has 0 bridgehead atoms. The first-order valence-corrected chi connectivity index (χ1v) is 7.24. The number of nitrogen functional groups attached to an aromatic ring is 1. The minimum atomic E-state index is -3.64. The molecule has 0 aromatic heterocycles. The van der Waals surface area contributed by atoms with Gasteiger partial charge in [0.2, 0.25) is 10.0 Å². The van der Waals surface area contributed by atoms with Crippen LogP contribution in [0.1, 0.15) is 18.1 Å². The van der Waals surface area contributed by atoms with Gasteiger partial charge in [0.1, 0.15) is 4.90 Å². The van der Waals surface area contributed by atoms with Crippen molar-refractivity contribution in [3.63, 3.8) is 0 Å². The number of hydrogen-bond acceptors (Lipinski definition) is 4. The highest BCUT2D eigenvalue weighted by molar-refractivity contribution is 7.89. The van der Waals surface area contributed by atoms with E-state index in [2.05, 4.69) is 4.72 Å². The number of aryl methyl sites for hydroxylation is 2. The van der Waals surface area contributed by atoms with Gasteiger partial charge in [0.15, 0.2) is 0 Å². The Hall–Kier alpha value is -1.11. The van der Waals surface area contributed by atoms with Gasteiger partial charge < -0.3 is 10.8 Å². The molecule has 0 saturated carbocycles. The van der Waals surface area contributed by atoms with Crippen LogP contribution in [-0.4, -0.2) is 26.7 Å². The molecular formula is C12H20N2O3S. The third-order valence-electron chi connectivity index (χ3n) is 2.81.